The Kier molecular flexibility index (Phi) is 6.65. The standard InChI is InChI=1S/C23H18ClNO4S2/c1-27-20-11-16(6-9-19(20)29-14-15-4-7-17(24)8-5-15)12-21-22(26)25(23(30)31-21)13-18-3-2-10-28-18/h2-12H,13-14H2,1H3/b21-12-. The summed E-state index contributed by atoms with van der Waals surface area (Å²) in [4.78, 5) is 14.9. The third-order valence-corrected chi connectivity index (χ3v) is 6.19. The van der Waals surface area contributed by atoms with Crippen LogP contribution in [0.4, 0.5) is 0 Å². The summed E-state index contributed by atoms with van der Waals surface area (Å²) in [5.41, 5.74) is 1.81. The number of rotatable bonds is 7. The Morgan fingerprint density at radius 2 is 1.97 bits per heavy atom. The SMILES string of the molecule is COc1cc(/C=C2\SC(=S)N(Cc3ccco3)C2=O)ccc1OCc1ccc(Cl)cc1. The predicted molar refractivity (Wildman–Crippen MR) is 126 cm³/mol. The second-order valence-corrected chi connectivity index (χ2v) is 8.78. The van der Waals surface area contributed by atoms with E-state index in [9.17, 15) is 4.79 Å². The summed E-state index contributed by atoms with van der Waals surface area (Å²) < 4.78 is 17.2. The van der Waals surface area contributed by atoms with Crippen LogP contribution in [0.5, 0.6) is 11.5 Å². The van der Waals surface area contributed by atoms with E-state index < -0.39 is 0 Å². The van der Waals surface area contributed by atoms with E-state index in [-0.39, 0.29) is 5.91 Å². The van der Waals surface area contributed by atoms with E-state index in [4.69, 9.17) is 37.7 Å². The highest BCUT2D eigenvalue weighted by Gasteiger charge is 2.32. The first-order valence-corrected chi connectivity index (χ1v) is 11.0. The zero-order valence-corrected chi connectivity index (χ0v) is 18.9. The lowest BCUT2D eigenvalue weighted by Crippen LogP contribution is -2.27. The molecule has 0 N–H and O–H groups in total. The van der Waals surface area contributed by atoms with Crippen molar-refractivity contribution in [1.29, 1.82) is 0 Å². The van der Waals surface area contributed by atoms with Crippen LogP contribution in [-0.2, 0) is 17.9 Å². The molecule has 1 fully saturated rings. The monoisotopic (exact) mass is 471 g/mol. The number of methoxy groups -OCH3 is 1. The van der Waals surface area contributed by atoms with Gasteiger partial charge < -0.3 is 13.9 Å². The zero-order valence-electron chi connectivity index (χ0n) is 16.5. The lowest BCUT2D eigenvalue weighted by Gasteiger charge is -2.12. The highest BCUT2D eigenvalue weighted by Crippen LogP contribution is 2.35. The van der Waals surface area contributed by atoms with E-state index in [1.807, 2.05) is 48.5 Å². The topological polar surface area (TPSA) is 51.9 Å². The normalized spacial score (nSPS) is 15.0. The van der Waals surface area contributed by atoms with Gasteiger partial charge >= 0.3 is 0 Å². The molecule has 4 rings (SSSR count). The number of nitrogens with zero attached hydrogens (tertiary/aromatic N) is 1. The molecule has 0 atom stereocenters. The van der Waals surface area contributed by atoms with Gasteiger partial charge in [0, 0.05) is 5.02 Å². The first-order valence-electron chi connectivity index (χ1n) is 9.36. The maximum absolute atomic E-state index is 12.8. The van der Waals surface area contributed by atoms with Gasteiger partial charge in [0.05, 0.1) is 24.8 Å². The van der Waals surface area contributed by atoms with Crippen LogP contribution < -0.4 is 9.47 Å². The quantitative estimate of drug-likeness (QED) is 0.315. The molecule has 0 bridgehead atoms. The minimum absolute atomic E-state index is 0.145. The molecule has 0 saturated carbocycles. The maximum atomic E-state index is 12.8. The van der Waals surface area contributed by atoms with E-state index in [1.54, 1.807) is 25.5 Å². The number of thioether (sulfide) groups is 1. The summed E-state index contributed by atoms with van der Waals surface area (Å²) in [7, 11) is 1.58. The van der Waals surface area contributed by atoms with E-state index in [2.05, 4.69) is 0 Å². The molecule has 0 radical (unpaired) electrons. The number of hydrogen-bond donors (Lipinski definition) is 0. The van der Waals surface area contributed by atoms with Gasteiger partial charge in [-0.2, -0.15) is 0 Å². The Morgan fingerprint density at radius 3 is 2.68 bits per heavy atom. The minimum atomic E-state index is -0.145. The highest BCUT2D eigenvalue weighted by molar-refractivity contribution is 8.26. The van der Waals surface area contributed by atoms with Gasteiger partial charge in [0.1, 0.15) is 16.7 Å². The molecule has 1 aliphatic rings. The fraction of sp³-hybridized carbons (Fsp3) is 0.130. The Bertz CT molecular complexity index is 1130. The second kappa shape index (κ2) is 9.60. The average molecular weight is 472 g/mol. The molecule has 0 aliphatic carbocycles. The van der Waals surface area contributed by atoms with Gasteiger partial charge in [0.2, 0.25) is 0 Å². The Labute approximate surface area is 194 Å². The van der Waals surface area contributed by atoms with Crippen molar-refractivity contribution in [1.82, 2.24) is 4.90 Å². The van der Waals surface area contributed by atoms with Gasteiger partial charge in [-0.3, -0.25) is 9.69 Å². The van der Waals surface area contributed by atoms with Gasteiger partial charge in [-0.25, -0.2) is 0 Å². The third-order valence-electron chi connectivity index (χ3n) is 4.56. The van der Waals surface area contributed by atoms with Gasteiger partial charge in [-0.1, -0.05) is 53.8 Å². The molecule has 3 aromatic rings. The smallest absolute Gasteiger partial charge is 0.266 e. The summed E-state index contributed by atoms with van der Waals surface area (Å²) in [5, 5.41) is 0.681. The number of carbonyl (C=O) groups excluding carboxylic acids is 1. The number of amides is 1. The molecule has 5 nitrogen and oxygen atoms in total. The summed E-state index contributed by atoms with van der Waals surface area (Å²) in [6.45, 7) is 0.702. The molecule has 1 aliphatic heterocycles. The van der Waals surface area contributed by atoms with Gasteiger partial charge in [0.15, 0.2) is 11.5 Å². The van der Waals surface area contributed by atoms with Crippen molar-refractivity contribution in [2.24, 2.45) is 0 Å². The molecule has 2 heterocycles. The molecular formula is C23H18ClNO4S2. The van der Waals surface area contributed by atoms with Crippen molar-refractivity contribution in [2.45, 2.75) is 13.2 Å². The Morgan fingerprint density at radius 1 is 1.16 bits per heavy atom. The van der Waals surface area contributed by atoms with Crippen LogP contribution in [0.15, 0.2) is 70.2 Å². The minimum Gasteiger partial charge on any atom is -0.493 e. The first-order chi connectivity index (χ1) is 15.0. The van der Waals surface area contributed by atoms with Crippen molar-refractivity contribution >= 4 is 51.9 Å². The van der Waals surface area contributed by atoms with Gasteiger partial charge in [-0.05, 0) is 53.6 Å². The van der Waals surface area contributed by atoms with E-state index in [1.165, 1.54) is 16.7 Å². The lowest BCUT2D eigenvalue weighted by molar-refractivity contribution is -0.122. The van der Waals surface area contributed by atoms with E-state index >= 15 is 0 Å². The number of ether oxygens (including phenoxy) is 2. The van der Waals surface area contributed by atoms with E-state index in [0.29, 0.717) is 44.7 Å². The Balaban J connectivity index is 1.48. The third kappa shape index (κ3) is 5.12. The zero-order chi connectivity index (χ0) is 21.8. The number of carbonyl (C=O) groups is 1. The van der Waals surface area contributed by atoms with Crippen LogP contribution in [0, 0.1) is 0 Å². The van der Waals surface area contributed by atoms with Crippen molar-refractivity contribution < 1.29 is 18.7 Å². The molecule has 0 unspecified atom stereocenters. The summed E-state index contributed by atoms with van der Waals surface area (Å²) in [5.74, 6) is 1.73. The lowest BCUT2D eigenvalue weighted by atomic mass is 10.1. The molecule has 0 spiro atoms. The highest BCUT2D eigenvalue weighted by atomic mass is 35.5. The van der Waals surface area contributed by atoms with Gasteiger partial charge in [-0.15, -0.1) is 0 Å². The van der Waals surface area contributed by atoms with Crippen LogP contribution in [0.2, 0.25) is 5.02 Å². The van der Waals surface area contributed by atoms with Crippen molar-refractivity contribution in [3.8, 4) is 11.5 Å². The Hall–Kier alpha value is -2.74. The van der Waals surface area contributed by atoms with Crippen LogP contribution in [0.3, 0.4) is 0 Å². The summed E-state index contributed by atoms with van der Waals surface area (Å²) in [6.07, 6.45) is 3.37. The largest absolute Gasteiger partial charge is 0.493 e. The van der Waals surface area contributed by atoms with Crippen molar-refractivity contribution in [3.05, 3.63) is 87.7 Å². The number of hydrogen-bond acceptors (Lipinski definition) is 6. The molecular weight excluding hydrogens is 454 g/mol. The predicted octanol–water partition coefficient (Wildman–Crippen LogP) is 5.92. The van der Waals surface area contributed by atoms with Crippen LogP contribution in [-0.4, -0.2) is 22.2 Å². The number of halogens is 1. The molecule has 2 aromatic carbocycles. The second-order valence-electron chi connectivity index (χ2n) is 6.67. The van der Waals surface area contributed by atoms with Crippen LogP contribution in [0.1, 0.15) is 16.9 Å². The molecule has 1 saturated heterocycles. The van der Waals surface area contributed by atoms with E-state index in [0.717, 1.165) is 11.1 Å². The maximum Gasteiger partial charge on any atom is 0.266 e. The van der Waals surface area contributed by atoms with Crippen molar-refractivity contribution in [3.63, 3.8) is 0 Å². The molecule has 31 heavy (non-hydrogen) atoms. The molecule has 1 amide bonds. The molecule has 158 valence electrons. The van der Waals surface area contributed by atoms with Crippen LogP contribution in [0.25, 0.3) is 6.08 Å². The molecule has 1 aromatic heterocycles. The van der Waals surface area contributed by atoms with Gasteiger partial charge in [0.25, 0.3) is 5.91 Å². The van der Waals surface area contributed by atoms with Crippen molar-refractivity contribution in [2.75, 3.05) is 7.11 Å². The number of furan rings is 1. The summed E-state index contributed by atoms with van der Waals surface area (Å²) in [6, 6.07) is 16.6. The summed E-state index contributed by atoms with van der Waals surface area (Å²) >= 11 is 12.6. The average Bonchev–Trinajstić information content (AvgIpc) is 3.38. The number of benzene rings is 2. The first kappa shape index (κ1) is 21.5. The molecule has 8 heteroatoms. The van der Waals surface area contributed by atoms with Crippen LogP contribution >= 0.6 is 35.6 Å². The fourth-order valence-corrected chi connectivity index (χ4v) is 4.36. The number of thiocarbonyl (C=S) groups is 1. The fourth-order valence-electron chi connectivity index (χ4n) is 2.98.